The van der Waals surface area contributed by atoms with Crippen molar-refractivity contribution in [3.8, 4) is 0 Å². The molecule has 2 N–H and O–H groups in total. The van der Waals surface area contributed by atoms with Crippen LogP contribution in [0, 0.1) is 0 Å². The highest BCUT2D eigenvalue weighted by molar-refractivity contribution is 4.70. The minimum atomic E-state index is 0.214. The average molecular weight is 230 g/mol. The Morgan fingerprint density at radius 3 is 2.19 bits per heavy atom. The molecule has 0 atom stereocenters. The third-order valence-corrected chi connectivity index (χ3v) is 2.55. The van der Waals surface area contributed by atoms with Crippen LogP contribution >= 0.6 is 0 Å². The first-order chi connectivity index (χ1) is 7.49. The molecule has 0 amide bonds. The van der Waals surface area contributed by atoms with Gasteiger partial charge in [0.1, 0.15) is 0 Å². The second-order valence-corrected chi connectivity index (χ2v) is 5.45. The predicted octanol–water partition coefficient (Wildman–Crippen LogP) is 1.86. The van der Waals surface area contributed by atoms with E-state index in [2.05, 4.69) is 37.9 Å². The van der Waals surface area contributed by atoms with Gasteiger partial charge in [-0.3, -0.25) is 0 Å². The Labute approximate surface area is 101 Å². The van der Waals surface area contributed by atoms with Crippen molar-refractivity contribution in [1.29, 1.82) is 0 Å². The van der Waals surface area contributed by atoms with Crippen LogP contribution in [-0.4, -0.2) is 48.3 Å². The summed E-state index contributed by atoms with van der Waals surface area (Å²) >= 11 is 0. The molecule has 0 aliphatic carbocycles. The van der Waals surface area contributed by atoms with Gasteiger partial charge < -0.3 is 15.3 Å². The first-order valence-electron chi connectivity index (χ1n) is 6.58. The second-order valence-electron chi connectivity index (χ2n) is 5.45. The van der Waals surface area contributed by atoms with Crippen LogP contribution < -0.4 is 5.32 Å². The van der Waals surface area contributed by atoms with Crippen LogP contribution in [0.25, 0.3) is 0 Å². The van der Waals surface area contributed by atoms with Crippen molar-refractivity contribution >= 4 is 0 Å². The van der Waals surface area contributed by atoms with Crippen molar-refractivity contribution in [1.82, 2.24) is 10.2 Å². The molecule has 0 aliphatic heterocycles. The summed E-state index contributed by atoms with van der Waals surface area (Å²) in [6, 6.07) is 0. The summed E-state index contributed by atoms with van der Waals surface area (Å²) in [5, 5.41) is 12.5. The average Bonchev–Trinajstić information content (AvgIpc) is 2.19. The van der Waals surface area contributed by atoms with Crippen molar-refractivity contribution in [3.63, 3.8) is 0 Å². The third-order valence-electron chi connectivity index (χ3n) is 2.55. The van der Waals surface area contributed by atoms with Crippen molar-refractivity contribution in [3.05, 3.63) is 0 Å². The van der Waals surface area contributed by atoms with E-state index in [4.69, 9.17) is 5.11 Å². The van der Waals surface area contributed by atoms with E-state index in [1.807, 2.05) is 0 Å². The first-order valence-corrected chi connectivity index (χ1v) is 6.58. The fraction of sp³-hybridized carbons (Fsp3) is 1.00. The maximum absolute atomic E-state index is 8.96. The SMILES string of the molecule is CCCCN(CCO)CCCNC(C)(C)C. The van der Waals surface area contributed by atoms with Crippen molar-refractivity contribution in [2.24, 2.45) is 0 Å². The maximum atomic E-state index is 8.96. The topological polar surface area (TPSA) is 35.5 Å². The van der Waals surface area contributed by atoms with E-state index in [1.165, 1.54) is 12.8 Å². The highest BCUT2D eigenvalue weighted by Crippen LogP contribution is 2.00. The largest absolute Gasteiger partial charge is 0.395 e. The van der Waals surface area contributed by atoms with Crippen molar-refractivity contribution < 1.29 is 5.11 Å². The lowest BCUT2D eigenvalue weighted by Crippen LogP contribution is -2.38. The minimum absolute atomic E-state index is 0.214. The summed E-state index contributed by atoms with van der Waals surface area (Å²) in [6.45, 7) is 13.1. The quantitative estimate of drug-likeness (QED) is 0.594. The number of hydrogen-bond acceptors (Lipinski definition) is 3. The Morgan fingerprint density at radius 1 is 1.06 bits per heavy atom. The molecule has 0 saturated heterocycles. The predicted molar refractivity (Wildman–Crippen MR) is 70.8 cm³/mol. The van der Waals surface area contributed by atoms with Gasteiger partial charge in [-0.2, -0.15) is 0 Å². The number of rotatable bonds is 9. The summed E-state index contributed by atoms with van der Waals surface area (Å²) in [7, 11) is 0. The number of aliphatic hydroxyl groups is 1. The summed E-state index contributed by atoms with van der Waals surface area (Å²) in [5.41, 5.74) is 0.214. The molecule has 0 aromatic carbocycles. The molecule has 0 saturated carbocycles. The number of nitrogens with zero attached hydrogens (tertiary/aromatic N) is 1. The monoisotopic (exact) mass is 230 g/mol. The highest BCUT2D eigenvalue weighted by atomic mass is 16.3. The Morgan fingerprint density at radius 2 is 1.69 bits per heavy atom. The van der Waals surface area contributed by atoms with Crippen LogP contribution in [0.4, 0.5) is 0 Å². The van der Waals surface area contributed by atoms with Gasteiger partial charge in [-0.25, -0.2) is 0 Å². The second kappa shape index (κ2) is 8.97. The fourth-order valence-corrected chi connectivity index (χ4v) is 1.62. The van der Waals surface area contributed by atoms with E-state index in [-0.39, 0.29) is 12.1 Å². The van der Waals surface area contributed by atoms with Gasteiger partial charge in [0.15, 0.2) is 0 Å². The normalized spacial score (nSPS) is 12.4. The zero-order chi connectivity index (χ0) is 12.4. The lowest BCUT2D eigenvalue weighted by atomic mass is 10.1. The lowest BCUT2D eigenvalue weighted by molar-refractivity contribution is 0.191. The molecule has 0 bridgehead atoms. The summed E-state index contributed by atoms with van der Waals surface area (Å²) < 4.78 is 0. The van der Waals surface area contributed by atoms with E-state index in [0.717, 1.165) is 32.6 Å². The molecule has 0 aromatic rings. The Bertz CT molecular complexity index is 155. The standard InChI is InChI=1S/C13H30N2O/c1-5-6-9-15(11-12-16)10-7-8-14-13(2,3)4/h14,16H,5-12H2,1-4H3. The number of hydrogen-bond donors (Lipinski definition) is 2. The highest BCUT2D eigenvalue weighted by Gasteiger charge is 2.08. The van der Waals surface area contributed by atoms with Crippen LogP contribution in [0.1, 0.15) is 47.0 Å². The number of aliphatic hydroxyl groups excluding tert-OH is 1. The lowest BCUT2D eigenvalue weighted by Gasteiger charge is -2.24. The van der Waals surface area contributed by atoms with Crippen molar-refractivity contribution in [2.75, 3.05) is 32.8 Å². The van der Waals surface area contributed by atoms with Gasteiger partial charge in [0.05, 0.1) is 6.61 Å². The molecule has 3 heteroatoms. The van der Waals surface area contributed by atoms with E-state index in [9.17, 15) is 0 Å². The van der Waals surface area contributed by atoms with E-state index in [1.54, 1.807) is 0 Å². The minimum Gasteiger partial charge on any atom is -0.395 e. The number of unbranched alkanes of at least 4 members (excludes halogenated alkanes) is 1. The molecule has 0 aromatic heterocycles. The molecular weight excluding hydrogens is 200 g/mol. The Balaban J connectivity index is 3.59. The molecule has 0 radical (unpaired) electrons. The smallest absolute Gasteiger partial charge is 0.0558 e. The molecule has 16 heavy (non-hydrogen) atoms. The Kier molecular flexibility index (Phi) is 8.90. The van der Waals surface area contributed by atoms with Crippen LogP contribution in [0.3, 0.4) is 0 Å². The van der Waals surface area contributed by atoms with Gasteiger partial charge >= 0.3 is 0 Å². The van der Waals surface area contributed by atoms with E-state index in [0.29, 0.717) is 0 Å². The molecular formula is C13H30N2O. The third kappa shape index (κ3) is 10.4. The van der Waals surface area contributed by atoms with Crippen LogP contribution in [0.5, 0.6) is 0 Å². The van der Waals surface area contributed by atoms with Gasteiger partial charge in [-0.15, -0.1) is 0 Å². The Hall–Kier alpha value is -0.120. The first kappa shape index (κ1) is 15.9. The fourth-order valence-electron chi connectivity index (χ4n) is 1.62. The van der Waals surface area contributed by atoms with Gasteiger partial charge in [-0.1, -0.05) is 13.3 Å². The van der Waals surface area contributed by atoms with Crippen molar-refractivity contribution in [2.45, 2.75) is 52.5 Å². The van der Waals surface area contributed by atoms with Gasteiger partial charge in [0, 0.05) is 12.1 Å². The molecule has 0 aliphatic rings. The maximum Gasteiger partial charge on any atom is 0.0558 e. The molecule has 0 heterocycles. The summed E-state index contributed by atoms with van der Waals surface area (Å²) in [5.74, 6) is 0. The molecule has 98 valence electrons. The molecule has 0 spiro atoms. The zero-order valence-electron chi connectivity index (χ0n) is 11.6. The van der Waals surface area contributed by atoms with Crippen LogP contribution in [0.15, 0.2) is 0 Å². The van der Waals surface area contributed by atoms with Gasteiger partial charge in [-0.05, 0) is 53.2 Å². The summed E-state index contributed by atoms with van der Waals surface area (Å²) in [6.07, 6.45) is 3.61. The van der Waals surface area contributed by atoms with E-state index < -0.39 is 0 Å². The molecule has 3 nitrogen and oxygen atoms in total. The van der Waals surface area contributed by atoms with Gasteiger partial charge in [0.25, 0.3) is 0 Å². The van der Waals surface area contributed by atoms with E-state index >= 15 is 0 Å². The van der Waals surface area contributed by atoms with Crippen LogP contribution in [0.2, 0.25) is 0 Å². The number of nitrogens with one attached hydrogen (secondary N) is 1. The summed E-state index contributed by atoms with van der Waals surface area (Å²) in [4.78, 5) is 2.36. The van der Waals surface area contributed by atoms with Gasteiger partial charge in [0.2, 0.25) is 0 Å². The molecule has 0 fully saturated rings. The molecule has 0 rings (SSSR count). The van der Waals surface area contributed by atoms with Crippen LogP contribution in [-0.2, 0) is 0 Å². The zero-order valence-corrected chi connectivity index (χ0v) is 11.6. The molecule has 0 unspecified atom stereocenters.